The molecule has 0 spiro atoms. The van der Waals surface area contributed by atoms with Crippen molar-refractivity contribution in [3.63, 3.8) is 0 Å². The Bertz CT molecular complexity index is 456. The molecule has 0 nitrogen and oxygen atoms in total. The van der Waals surface area contributed by atoms with Crippen LogP contribution in [-0.4, -0.2) is 0 Å². The fourth-order valence-electron chi connectivity index (χ4n) is 4.26. The van der Waals surface area contributed by atoms with Gasteiger partial charge in [-0.15, -0.1) is 0 Å². The van der Waals surface area contributed by atoms with Crippen molar-refractivity contribution < 1.29 is 98.1 Å². The summed E-state index contributed by atoms with van der Waals surface area (Å²) in [7, 11) is 0. The summed E-state index contributed by atoms with van der Waals surface area (Å²) in [5, 5.41) is 0. The van der Waals surface area contributed by atoms with Gasteiger partial charge in [0, 0.05) is 98.1 Å². The molecule has 3 radical (unpaired) electrons. The van der Waals surface area contributed by atoms with Crippen molar-refractivity contribution in [3.05, 3.63) is 23.8 Å². The summed E-state index contributed by atoms with van der Waals surface area (Å²) in [5.41, 5.74) is 1.87. The van der Waals surface area contributed by atoms with Gasteiger partial charge in [-0.3, -0.25) is 0 Å². The van der Waals surface area contributed by atoms with E-state index in [1.54, 1.807) is 0 Å². The van der Waals surface area contributed by atoms with E-state index in [0.29, 0.717) is 11.3 Å². The molecular formula is C32H66Y3. The third kappa shape index (κ3) is 53.7. The molecule has 0 amide bonds. The first-order valence-electron chi connectivity index (χ1n) is 13.7. The van der Waals surface area contributed by atoms with E-state index in [0.717, 1.165) is 35.5 Å². The number of hydrogen-bond acceptors (Lipinski definition) is 0. The van der Waals surface area contributed by atoms with Crippen LogP contribution in [0.15, 0.2) is 23.8 Å². The number of rotatable bonds is 10. The maximum absolute atomic E-state index is 2.36. The van der Waals surface area contributed by atoms with E-state index in [2.05, 4.69) is 129 Å². The van der Waals surface area contributed by atoms with E-state index in [4.69, 9.17) is 0 Å². The number of allylic oxidation sites excluding steroid dienone is 4. The Morgan fingerprint density at radius 2 is 0.971 bits per heavy atom. The van der Waals surface area contributed by atoms with Gasteiger partial charge >= 0.3 is 0 Å². The Hall–Kier alpha value is 2.79. The molecule has 0 N–H and O–H groups in total. The maximum atomic E-state index is 2.36. The van der Waals surface area contributed by atoms with Crippen LogP contribution in [-0.2, 0) is 98.1 Å². The van der Waals surface area contributed by atoms with Gasteiger partial charge in [0.05, 0.1) is 0 Å². The topological polar surface area (TPSA) is 0 Å². The summed E-state index contributed by atoms with van der Waals surface area (Å²) < 4.78 is 0. The van der Waals surface area contributed by atoms with Gasteiger partial charge in [0.15, 0.2) is 0 Å². The van der Waals surface area contributed by atoms with Crippen LogP contribution in [0.4, 0.5) is 0 Å². The van der Waals surface area contributed by atoms with E-state index in [1.807, 2.05) is 0 Å². The van der Waals surface area contributed by atoms with Crippen LogP contribution in [0.5, 0.6) is 0 Å². The van der Waals surface area contributed by atoms with E-state index < -0.39 is 0 Å². The Morgan fingerprint density at radius 1 is 0.600 bits per heavy atom. The summed E-state index contributed by atoms with van der Waals surface area (Å²) in [6, 6.07) is 0. The summed E-state index contributed by atoms with van der Waals surface area (Å²) in [5.74, 6) is 5.70. The van der Waals surface area contributed by atoms with Crippen LogP contribution in [0.3, 0.4) is 0 Å². The molecule has 0 rings (SSSR count). The van der Waals surface area contributed by atoms with Crippen LogP contribution in [0.2, 0.25) is 0 Å². The van der Waals surface area contributed by atoms with Gasteiger partial charge in [-0.05, 0) is 79.4 Å². The normalized spacial score (nSPS) is 12.7. The van der Waals surface area contributed by atoms with Gasteiger partial charge in [-0.25, -0.2) is 0 Å². The van der Waals surface area contributed by atoms with Crippen molar-refractivity contribution in [1.82, 2.24) is 0 Å². The third-order valence-electron chi connectivity index (χ3n) is 4.86. The smallest absolute Gasteiger partial charge is 0 e. The molecule has 3 heteroatoms. The van der Waals surface area contributed by atoms with Gasteiger partial charge < -0.3 is 0 Å². The molecular weight excluding hydrogens is 651 g/mol. The first-order valence-corrected chi connectivity index (χ1v) is 13.7. The van der Waals surface area contributed by atoms with Crippen LogP contribution < -0.4 is 0 Å². The van der Waals surface area contributed by atoms with E-state index in [-0.39, 0.29) is 98.1 Å². The van der Waals surface area contributed by atoms with Crippen molar-refractivity contribution in [2.45, 2.75) is 136 Å². The average molecular weight is 718 g/mol. The van der Waals surface area contributed by atoms with E-state index in [9.17, 15) is 0 Å². The Balaban J connectivity index is -0.0000000869. The standard InChI is InChI=1S/C12H24.C10H22.C10H20.3Y/c1-10(2)9-11(3)7-8-12(4,5)6;2*1-8(2)6-10(5)7-9(3)4;;;/h7-8,10-11H,9H2,1-6H3;8-10H,6-7H2,1-5H3;6,8-9H,7H2,1-5H3;;;/b8-7+;;10-6+;;;. The van der Waals surface area contributed by atoms with Crippen molar-refractivity contribution in [1.29, 1.82) is 0 Å². The minimum absolute atomic E-state index is 0. The van der Waals surface area contributed by atoms with Crippen LogP contribution in [0.25, 0.3) is 0 Å². The maximum Gasteiger partial charge on any atom is 0 e. The van der Waals surface area contributed by atoms with Gasteiger partial charge in [0.25, 0.3) is 0 Å². The van der Waals surface area contributed by atoms with Crippen LogP contribution in [0.1, 0.15) is 136 Å². The van der Waals surface area contributed by atoms with Gasteiger partial charge in [0.1, 0.15) is 0 Å². The van der Waals surface area contributed by atoms with Crippen molar-refractivity contribution in [2.75, 3.05) is 0 Å². The molecule has 0 saturated carbocycles. The van der Waals surface area contributed by atoms with Crippen molar-refractivity contribution in [3.8, 4) is 0 Å². The Morgan fingerprint density at radius 3 is 1.23 bits per heavy atom. The molecule has 35 heavy (non-hydrogen) atoms. The molecule has 0 saturated heterocycles. The van der Waals surface area contributed by atoms with Gasteiger partial charge in [0.2, 0.25) is 0 Å². The molecule has 0 aromatic carbocycles. The second-order valence-electron chi connectivity index (χ2n) is 13.6. The molecule has 0 fully saturated rings. The SMILES string of the molecule is C/C(=C\C(C)C)CC(C)C.CC(C)CC(C)/C=C/C(C)(C)C.CC(C)CC(C)CC(C)C.[Y].[Y].[Y]. The van der Waals surface area contributed by atoms with Crippen LogP contribution in [0, 0.1) is 46.8 Å². The quantitative estimate of drug-likeness (QED) is 0.197. The predicted molar refractivity (Wildman–Crippen MR) is 153 cm³/mol. The zero-order valence-electron chi connectivity index (χ0n) is 27.3. The molecule has 0 aliphatic rings. The minimum atomic E-state index is 0. The molecule has 1 unspecified atom stereocenters. The summed E-state index contributed by atoms with van der Waals surface area (Å²) in [4.78, 5) is 0. The number of hydrogen-bond donors (Lipinski definition) is 0. The fourth-order valence-corrected chi connectivity index (χ4v) is 4.26. The average Bonchev–Trinajstić information content (AvgIpc) is 2.49. The Labute approximate surface area is 301 Å². The summed E-state index contributed by atoms with van der Waals surface area (Å²) in [6.07, 6.45) is 12.3. The molecule has 1 atom stereocenters. The fraction of sp³-hybridized carbons (Fsp3) is 0.875. The van der Waals surface area contributed by atoms with Gasteiger partial charge in [-0.2, -0.15) is 0 Å². The monoisotopic (exact) mass is 717 g/mol. The predicted octanol–water partition coefficient (Wildman–Crippen LogP) is 11.6. The first-order chi connectivity index (χ1) is 14.3. The van der Waals surface area contributed by atoms with Crippen molar-refractivity contribution in [2.24, 2.45) is 46.8 Å². The third-order valence-corrected chi connectivity index (χ3v) is 4.86. The second-order valence-corrected chi connectivity index (χ2v) is 13.6. The van der Waals surface area contributed by atoms with Crippen LogP contribution >= 0.6 is 0 Å². The zero-order valence-corrected chi connectivity index (χ0v) is 35.8. The van der Waals surface area contributed by atoms with E-state index in [1.165, 1.54) is 31.3 Å². The molecule has 0 bridgehead atoms. The molecule has 0 aromatic heterocycles. The summed E-state index contributed by atoms with van der Waals surface area (Å²) >= 11 is 0. The van der Waals surface area contributed by atoms with E-state index >= 15 is 0 Å². The Kier molecular flexibility index (Phi) is 43.0. The van der Waals surface area contributed by atoms with Crippen molar-refractivity contribution >= 4 is 0 Å². The summed E-state index contributed by atoms with van der Waals surface area (Å²) in [6.45, 7) is 36.3. The molecule has 0 aliphatic carbocycles. The molecule has 0 aliphatic heterocycles. The second kappa shape index (κ2) is 29.8. The molecule has 0 heterocycles. The minimum Gasteiger partial charge on any atom is -0.0852 e. The first kappa shape index (κ1) is 50.6. The zero-order chi connectivity index (χ0) is 26.1. The largest absolute Gasteiger partial charge is 0.0852 e. The molecule has 0 aromatic rings. The van der Waals surface area contributed by atoms with Gasteiger partial charge in [-0.1, -0.05) is 128 Å². The molecule has 203 valence electrons.